The Morgan fingerprint density at radius 3 is 3.00 bits per heavy atom. The fraction of sp³-hybridized carbons (Fsp3) is 0.375. The molecule has 1 aromatic carbocycles. The Balaban J connectivity index is 2.18. The standard InChI is InChI=1S/C16H17ClN2O2/c1-2-16(15(20)21)7-3-9-19(16)14-6-8-18-13-10-11(17)4-5-12(13)14/h4-6,8,10H,2-3,7,9H2,1H3,(H,20,21). The van der Waals surface area contributed by atoms with Gasteiger partial charge in [0.2, 0.25) is 0 Å². The molecule has 5 heteroatoms. The Hall–Kier alpha value is -1.81. The van der Waals surface area contributed by atoms with Gasteiger partial charge in [0.25, 0.3) is 0 Å². The number of carbonyl (C=O) groups is 1. The van der Waals surface area contributed by atoms with Gasteiger partial charge >= 0.3 is 5.97 Å². The molecule has 3 rings (SSSR count). The van der Waals surface area contributed by atoms with Crippen LogP contribution in [0.5, 0.6) is 0 Å². The summed E-state index contributed by atoms with van der Waals surface area (Å²) in [6, 6.07) is 7.44. The van der Waals surface area contributed by atoms with E-state index in [1.54, 1.807) is 6.20 Å². The van der Waals surface area contributed by atoms with Gasteiger partial charge in [-0.05, 0) is 43.5 Å². The summed E-state index contributed by atoms with van der Waals surface area (Å²) >= 11 is 6.02. The van der Waals surface area contributed by atoms with Crippen molar-refractivity contribution >= 4 is 34.2 Å². The van der Waals surface area contributed by atoms with Crippen LogP contribution in [0.25, 0.3) is 10.9 Å². The first-order chi connectivity index (χ1) is 10.1. The van der Waals surface area contributed by atoms with E-state index in [-0.39, 0.29) is 0 Å². The average molecular weight is 305 g/mol. The highest BCUT2D eigenvalue weighted by Crippen LogP contribution is 2.40. The normalized spacial score (nSPS) is 21.9. The average Bonchev–Trinajstić information content (AvgIpc) is 2.91. The maximum atomic E-state index is 11.9. The van der Waals surface area contributed by atoms with Crippen molar-refractivity contribution in [3.63, 3.8) is 0 Å². The van der Waals surface area contributed by atoms with Crippen molar-refractivity contribution < 1.29 is 9.90 Å². The van der Waals surface area contributed by atoms with E-state index in [1.807, 2.05) is 36.1 Å². The maximum Gasteiger partial charge on any atom is 0.329 e. The van der Waals surface area contributed by atoms with Gasteiger partial charge in [0, 0.05) is 28.8 Å². The van der Waals surface area contributed by atoms with Gasteiger partial charge in [0.1, 0.15) is 5.54 Å². The van der Waals surface area contributed by atoms with Crippen LogP contribution < -0.4 is 4.90 Å². The minimum absolute atomic E-state index is 0.583. The van der Waals surface area contributed by atoms with E-state index in [9.17, 15) is 9.90 Å². The van der Waals surface area contributed by atoms with Crippen LogP contribution in [-0.2, 0) is 4.79 Å². The minimum Gasteiger partial charge on any atom is -0.479 e. The van der Waals surface area contributed by atoms with E-state index in [4.69, 9.17) is 11.6 Å². The van der Waals surface area contributed by atoms with E-state index < -0.39 is 11.5 Å². The second-order valence-corrected chi connectivity index (χ2v) is 5.87. The topological polar surface area (TPSA) is 53.4 Å². The largest absolute Gasteiger partial charge is 0.479 e. The fourth-order valence-electron chi connectivity index (χ4n) is 3.31. The molecule has 0 bridgehead atoms. The van der Waals surface area contributed by atoms with Crippen molar-refractivity contribution in [2.75, 3.05) is 11.4 Å². The van der Waals surface area contributed by atoms with Gasteiger partial charge in [-0.1, -0.05) is 18.5 Å². The number of carboxylic acids is 1. The van der Waals surface area contributed by atoms with Crippen molar-refractivity contribution in [3.05, 3.63) is 35.5 Å². The van der Waals surface area contributed by atoms with Crippen molar-refractivity contribution in [2.45, 2.75) is 31.7 Å². The highest BCUT2D eigenvalue weighted by Gasteiger charge is 2.46. The third-order valence-electron chi connectivity index (χ3n) is 4.44. The molecular formula is C16H17ClN2O2. The summed E-state index contributed by atoms with van der Waals surface area (Å²) in [5.41, 5.74) is 0.911. The lowest BCUT2D eigenvalue weighted by molar-refractivity contribution is -0.143. The second kappa shape index (κ2) is 5.19. The monoisotopic (exact) mass is 304 g/mol. The summed E-state index contributed by atoms with van der Waals surface area (Å²) in [6.45, 7) is 2.69. The maximum absolute atomic E-state index is 11.9. The zero-order valence-corrected chi connectivity index (χ0v) is 12.6. The number of benzene rings is 1. The van der Waals surface area contributed by atoms with Crippen LogP contribution in [0, 0.1) is 0 Å². The Kier molecular flexibility index (Phi) is 3.49. The molecule has 2 heterocycles. The Labute approximate surface area is 128 Å². The molecule has 1 N–H and O–H groups in total. The van der Waals surface area contributed by atoms with Gasteiger partial charge in [-0.15, -0.1) is 0 Å². The van der Waals surface area contributed by atoms with Gasteiger partial charge in [-0.2, -0.15) is 0 Å². The lowest BCUT2D eigenvalue weighted by Crippen LogP contribution is -2.50. The predicted molar refractivity (Wildman–Crippen MR) is 84.0 cm³/mol. The molecule has 1 fully saturated rings. The SMILES string of the molecule is CCC1(C(=O)O)CCCN1c1ccnc2cc(Cl)ccc12. The van der Waals surface area contributed by atoms with Crippen molar-refractivity contribution in [1.29, 1.82) is 0 Å². The quantitative estimate of drug-likeness (QED) is 0.939. The number of aromatic nitrogens is 1. The zero-order valence-electron chi connectivity index (χ0n) is 11.8. The van der Waals surface area contributed by atoms with Crippen LogP contribution >= 0.6 is 11.6 Å². The molecule has 1 unspecified atom stereocenters. The summed E-state index contributed by atoms with van der Waals surface area (Å²) in [5.74, 6) is -0.749. The number of carboxylic acid groups (broad SMARTS) is 1. The van der Waals surface area contributed by atoms with Crippen molar-refractivity contribution in [1.82, 2.24) is 4.98 Å². The number of anilines is 1. The van der Waals surface area contributed by atoms with Crippen LogP contribution in [0.4, 0.5) is 5.69 Å². The zero-order chi connectivity index (χ0) is 15.0. The van der Waals surface area contributed by atoms with Gasteiger partial charge in [-0.25, -0.2) is 4.79 Å². The summed E-state index contributed by atoms with van der Waals surface area (Å²) in [7, 11) is 0. The van der Waals surface area contributed by atoms with Gasteiger partial charge in [-0.3, -0.25) is 4.98 Å². The number of hydrogen-bond donors (Lipinski definition) is 1. The third-order valence-corrected chi connectivity index (χ3v) is 4.68. The van der Waals surface area contributed by atoms with Crippen LogP contribution in [0.15, 0.2) is 30.5 Å². The number of fused-ring (bicyclic) bond motifs is 1. The molecule has 0 amide bonds. The first kappa shape index (κ1) is 14.1. The molecule has 1 aliphatic rings. The van der Waals surface area contributed by atoms with Crippen LogP contribution in [0.1, 0.15) is 26.2 Å². The Morgan fingerprint density at radius 2 is 2.29 bits per heavy atom. The van der Waals surface area contributed by atoms with Crippen LogP contribution in [0.2, 0.25) is 5.02 Å². The molecule has 4 nitrogen and oxygen atoms in total. The van der Waals surface area contributed by atoms with Crippen molar-refractivity contribution in [3.8, 4) is 0 Å². The number of aliphatic carboxylic acids is 1. The van der Waals surface area contributed by atoms with Gasteiger partial charge in [0.05, 0.1) is 5.52 Å². The van der Waals surface area contributed by atoms with Crippen molar-refractivity contribution in [2.24, 2.45) is 0 Å². The number of halogens is 1. The highest BCUT2D eigenvalue weighted by atomic mass is 35.5. The van der Waals surface area contributed by atoms with E-state index in [2.05, 4.69) is 4.98 Å². The second-order valence-electron chi connectivity index (χ2n) is 5.44. The molecule has 1 aromatic heterocycles. The molecule has 0 spiro atoms. The molecule has 21 heavy (non-hydrogen) atoms. The van der Waals surface area contributed by atoms with Gasteiger partial charge < -0.3 is 10.0 Å². The van der Waals surface area contributed by atoms with Gasteiger partial charge in [0.15, 0.2) is 0 Å². The fourth-order valence-corrected chi connectivity index (χ4v) is 3.48. The van der Waals surface area contributed by atoms with E-state index >= 15 is 0 Å². The minimum atomic E-state index is -0.812. The lowest BCUT2D eigenvalue weighted by Gasteiger charge is -2.36. The highest BCUT2D eigenvalue weighted by molar-refractivity contribution is 6.31. The summed E-state index contributed by atoms with van der Waals surface area (Å²) in [5, 5.41) is 11.3. The number of pyridine rings is 1. The predicted octanol–water partition coefficient (Wildman–Crippen LogP) is 3.72. The molecule has 1 atom stereocenters. The lowest BCUT2D eigenvalue weighted by atomic mass is 9.92. The molecule has 1 saturated heterocycles. The molecule has 0 saturated carbocycles. The summed E-state index contributed by atoms with van der Waals surface area (Å²) in [6.07, 6.45) is 3.86. The molecule has 2 aromatic rings. The summed E-state index contributed by atoms with van der Waals surface area (Å²) < 4.78 is 0. The molecule has 1 aliphatic heterocycles. The molecule has 110 valence electrons. The number of nitrogens with zero attached hydrogens (tertiary/aromatic N) is 2. The molecular weight excluding hydrogens is 288 g/mol. The van der Waals surface area contributed by atoms with E-state index in [0.717, 1.165) is 29.6 Å². The molecule has 0 radical (unpaired) electrons. The summed E-state index contributed by atoms with van der Waals surface area (Å²) in [4.78, 5) is 18.2. The van der Waals surface area contributed by atoms with E-state index in [1.165, 1.54) is 0 Å². The van der Waals surface area contributed by atoms with Crippen LogP contribution in [-0.4, -0.2) is 28.1 Å². The third kappa shape index (κ3) is 2.14. The van der Waals surface area contributed by atoms with E-state index in [0.29, 0.717) is 17.9 Å². The Morgan fingerprint density at radius 1 is 1.48 bits per heavy atom. The first-order valence-corrected chi connectivity index (χ1v) is 7.51. The Bertz CT molecular complexity index is 704. The first-order valence-electron chi connectivity index (χ1n) is 7.14. The molecule has 0 aliphatic carbocycles. The van der Waals surface area contributed by atoms with Crippen LogP contribution in [0.3, 0.4) is 0 Å². The number of hydrogen-bond acceptors (Lipinski definition) is 3. The smallest absolute Gasteiger partial charge is 0.329 e. The number of rotatable bonds is 3.